The number of benzene rings is 1. The lowest BCUT2D eigenvalue weighted by molar-refractivity contribution is -0.143. The van der Waals surface area contributed by atoms with E-state index in [9.17, 15) is 9.18 Å². The minimum Gasteiger partial charge on any atom is -0.370 e. The molecule has 0 N–H and O–H groups in total. The van der Waals surface area contributed by atoms with E-state index in [2.05, 4.69) is 0 Å². The summed E-state index contributed by atoms with van der Waals surface area (Å²) in [6.07, 6.45) is 3.96. The van der Waals surface area contributed by atoms with E-state index in [1.165, 1.54) is 6.07 Å². The molecule has 1 aliphatic heterocycles. The van der Waals surface area contributed by atoms with Gasteiger partial charge in [-0.2, -0.15) is 0 Å². The molecule has 2 aliphatic rings. The molecule has 2 fully saturated rings. The largest absolute Gasteiger partial charge is 0.370 e. The molecule has 4 heteroatoms. The van der Waals surface area contributed by atoms with E-state index in [0.29, 0.717) is 25.3 Å². The summed E-state index contributed by atoms with van der Waals surface area (Å²) in [6.45, 7) is 1.58. The van der Waals surface area contributed by atoms with E-state index in [1.807, 2.05) is 4.90 Å². The zero-order chi connectivity index (χ0) is 13.9. The Balaban J connectivity index is 1.70. The van der Waals surface area contributed by atoms with Crippen molar-refractivity contribution >= 4 is 5.91 Å². The van der Waals surface area contributed by atoms with Gasteiger partial charge in [-0.25, -0.2) is 4.39 Å². The Kier molecular flexibility index (Phi) is 4.01. The molecule has 3 rings (SSSR count). The highest BCUT2D eigenvalue weighted by molar-refractivity contribution is 5.79. The van der Waals surface area contributed by atoms with Crippen molar-refractivity contribution < 1.29 is 13.9 Å². The maximum Gasteiger partial charge on any atom is 0.225 e. The summed E-state index contributed by atoms with van der Waals surface area (Å²) in [5, 5.41) is 0. The molecule has 0 aromatic heterocycles. The van der Waals surface area contributed by atoms with Gasteiger partial charge in [0.05, 0.1) is 13.2 Å². The van der Waals surface area contributed by atoms with Crippen LogP contribution in [0.5, 0.6) is 0 Å². The highest BCUT2D eigenvalue weighted by Gasteiger charge is 2.32. The lowest BCUT2D eigenvalue weighted by Crippen LogP contribution is -2.44. The topological polar surface area (TPSA) is 29.5 Å². The molecule has 1 amide bonds. The summed E-state index contributed by atoms with van der Waals surface area (Å²) in [4.78, 5) is 14.3. The Bertz CT molecular complexity index is 485. The summed E-state index contributed by atoms with van der Waals surface area (Å²) in [5.74, 6) is 0.147. The molecule has 0 unspecified atom stereocenters. The first kappa shape index (κ1) is 13.6. The van der Waals surface area contributed by atoms with Gasteiger partial charge < -0.3 is 9.64 Å². The van der Waals surface area contributed by atoms with Gasteiger partial charge in [-0.1, -0.05) is 31.0 Å². The number of carbonyl (C=O) groups excluding carboxylic acids is 1. The summed E-state index contributed by atoms with van der Waals surface area (Å²) < 4.78 is 19.5. The Morgan fingerprint density at radius 3 is 2.75 bits per heavy atom. The Morgan fingerprint density at radius 1 is 1.25 bits per heavy atom. The number of hydrogen-bond acceptors (Lipinski definition) is 2. The zero-order valence-corrected chi connectivity index (χ0v) is 11.6. The first-order valence-corrected chi connectivity index (χ1v) is 7.40. The van der Waals surface area contributed by atoms with E-state index in [1.54, 1.807) is 18.2 Å². The SMILES string of the molecule is O=C(C1CCCC1)N1CCO[C@H](c2ccccc2F)C1. The fourth-order valence-electron chi connectivity index (χ4n) is 3.20. The van der Waals surface area contributed by atoms with Crippen LogP contribution in [0.2, 0.25) is 0 Å². The summed E-state index contributed by atoms with van der Waals surface area (Å²) in [6, 6.07) is 6.66. The second-order valence-corrected chi connectivity index (χ2v) is 5.65. The van der Waals surface area contributed by atoms with Crippen LogP contribution in [0.4, 0.5) is 4.39 Å². The van der Waals surface area contributed by atoms with Crippen molar-refractivity contribution in [3.8, 4) is 0 Å². The zero-order valence-electron chi connectivity index (χ0n) is 11.6. The molecule has 1 aromatic carbocycles. The number of rotatable bonds is 2. The molecule has 0 spiro atoms. The summed E-state index contributed by atoms with van der Waals surface area (Å²) in [7, 11) is 0. The van der Waals surface area contributed by atoms with Crippen molar-refractivity contribution in [1.82, 2.24) is 4.90 Å². The van der Waals surface area contributed by atoms with Crippen molar-refractivity contribution in [2.24, 2.45) is 5.92 Å². The van der Waals surface area contributed by atoms with Crippen LogP contribution in [-0.4, -0.2) is 30.5 Å². The number of amides is 1. The van der Waals surface area contributed by atoms with Crippen molar-refractivity contribution in [2.45, 2.75) is 31.8 Å². The summed E-state index contributed by atoms with van der Waals surface area (Å²) in [5.41, 5.74) is 0.552. The first-order valence-electron chi connectivity index (χ1n) is 7.40. The van der Waals surface area contributed by atoms with Gasteiger partial charge in [-0.15, -0.1) is 0 Å². The number of hydrogen-bond donors (Lipinski definition) is 0. The highest BCUT2D eigenvalue weighted by atomic mass is 19.1. The number of ether oxygens (including phenoxy) is 1. The van der Waals surface area contributed by atoms with Crippen molar-refractivity contribution in [3.63, 3.8) is 0 Å². The van der Waals surface area contributed by atoms with Gasteiger partial charge in [0.2, 0.25) is 5.91 Å². The van der Waals surface area contributed by atoms with Gasteiger partial charge in [0.1, 0.15) is 11.9 Å². The molecule has 1 saturated carbocycles. The maximum atomic E-state index is 13.8. The molecule has 1 heterocycles. The molecule has 0 radical (unpaired) electrons. The smallest absolute Gasteiger partial charge is 0.225 e. The van der Waals surface area contributed by atoms with Gasteiger partial charge in [0, 0.05) is 18.0 Å². The second kappa shape index (κ2) is 5.92. The lowest BCUT2D eigenvalue weighted by Gasteiger charge is -2.34. The second-order valence-electron chi connectivity index (χ2n) is 5.65. The molecular formula is C16H20FNO2. The maximum absolute atomic E-state index is 13.8. The molecule has 1 aromatic rings. The minimum absolute atomic E-state index is 0.175. The van der Waals surface area contributed by atoms with Gasteiger partial charge in [0.15, 0.2) is 0 Å². The van der Waals surface area contributed by atoms with Crippen LogP contribution in [0.25, 0.3) is 0 Å². The lowest BCUT2D eigenvalue weighted by atomic mass is 10.0. The van der Waals surface area contributed by atoms with Crippen LogP contribution in [-0.2, 0) is 9.53 Å². The highest BCUT2D eigenvalue weighted by Crippen LogP contribution is 2.30. The van der Waals surface area contributed by atoms with Crippen LogP contribution in [0.1, 0.15) is 37.4 Å². The van der Waals surface area contributed by atoms with Crippen molar-refractivity contribution in [2.75, 3.05) is 19.7 Å². The van der Waals surface area contributed by atoms with Gasteiger partial charge in [-0.05, 0) is 18.9 Å². The third-order valence-corrected chi connectivity index (χ3v) is 4.33. The fourth-order valence-corrected chi connectivity index (χ4v) is 3.20. The monoisotopic (exact) mass is 277 g/mol. The average Bonchev–Trinajstić information content (AvgIpc) is 3.01. The molecule has 1 saturated heterocycles. The fraction of sp³-hybridized carbons (Fsp3) is 0.562. The van der Waals surface area contributed by atoms with Crippen molar-refractivity contribution in [1.29, 1.82) is 0 Å². The molecular weight excluding hydrogens is 257 g/mol. The van der Waals surface area contributed by atoms with Gasteiger partial charge in [0.25, 0.3) is 0 Å². The predicted octanol–water partition coefficient (Wildman–Crippen LogP) is 2.92. The first-order chi connectivity index (χ1) is 9.75. The van der Waals surface area contributed by atoms with Crippen LogP contribution in [0.3, 0.4) is 0 Å². The van der Waals surface area contributed by atoms with E-state index in [-0.39, 0.29) is 23.7 Å². The minimum atomic E-state index is -0.338. The van der Waals surface area contributed by atoms with Gasteiger partial charge >= 0.3 is 0 Å². The summed E-state index contributed by atoms with van der Waals surface area (Å²) >= 11 is 0. The van der Waals surface area contributed by atoms with Crippen LogP contribution in [0.15, 0.2) is 24.3 Å². The molecule has 0 bridgehead atoms. The van der Waals surface area contributed by atoms with Crippen LogP contribution < -0.4 is 0 Å². The normalized spacial score (nSPS) is 24.1. The van der Waals surface area contributed by atoms with E-state index in [4.69, 9.17) is 4.74 Å². The number of carbonyl (C=O) groups is 1. The number of morpholine rings is 1. The Labute approximate surface area is 118 Å². The molecule has 108 valence electrons. The van der Waals surface area contributed by atoms with Crippen LogP contribution >= 0.6 is 0 Å². The number of nitrogens with zero attached hydrogens (tertiary/aromatic N) is 1. The molecule has 1 aliphatic carbocycles. The van der Waals surface area contributed by atoms with Crippen LogP contribution in [0, 0.1) is 11.7 Å². The van der Waals surface area contributed by atoms with Gasteiger partial charge in [-0.3, -0.25) is 4.79 Å². The molecule has 3 nitrogen and oxygen atoms in total. The van der Waals surface area contributed by atoms with E-state index < -0.39 is 0 Å². The molecule has 20 heavy (non-hydrogen) atoms. The standard InChI is InChI=1S/C16H20FNO2/c17-14-8-4-3-7-13(14)15-11-18(9-10-20-15)16(19)12-5-1-2-6-12/h3-4,7-8,12,15H,1-2,5-6,9-11H2/t15-/m0/s1. The molecule has 1 atom stereocenters. The number of halogens is 1. The Morgan fingerprint density at radius 2 is 2.00 bits per heavy atom. The third kappa shape index (κ3) is 2.70. The van der Waals surface area contributed by atoms with E-state index >= 15 is 0 Å². The quantitative estimate of drug-likeness (QED) is 0.832. The van der Waals surface area contributed by atoms with Crippen molar-refractivity contribution in [3.05, 3.63) is 35.6 Å². The predicted molar refractivity (Wildman–Crippen MR) is 73.6 cm³/mol. The average molecular weight is 277 g/mol. The Hall–Kier alpha value is -1.42. The van der Waals surface area contributed by atoms with E-state index in [0.717, 1.165) is 25.7 Å². The third-order valence-electron chi connectivity index (χ3n) is 4.33.